The highest BCUT2D eigenvalue weighted by Crippen LogP contribution is 2.28. The minimum atomic E-state index is -0.527. The first kappa shape index (κ1) is 19.2. The molecule has 28 heavy (non-hydrogen) atoms. The first-order valence-electron chi connectivity index (χ1n) is 8.37. The summed E-state index contributed by atoms with van der Waals surface area (Å²) in [5.41, 5.74) is 1.89. The largest absolute Gasteiger partial charge is 0.493 e. The molecule has 0 radical (unpaired) electrons. The Morgan fingerprint density at radius 3 is 2.54 bits per heavy atom. The average Bonchev–Trinajstić information content (AvgIpc) is 3.20. The maximum absolute atomic E-state index is 13.0. The van der Waals surface area contributed by atoms with Crippen molar-refractivity contribution in [1.82, 2.24) is 5.16 Å². The number of nitrogens with zero attached hydrogens (tertiary/aromatic N) is 1. The molecule has 3 aromatic rings. The third kappa shape index (κ3) is 4.76. The summed E-state index contributed by atoms with van der Waals surface area (Å²) < 4.78 is 33.7. The second-order valence-electron chi connectivity index (χ2n) is 5.74. The van der Waals surface area contributed by atoms with Gasteiger partial charge in [0, 0.05) is 17.7 Å². The predicted octanol–water partition coefficient (Wildman–Crippen LogP) is 4.25. The summed E-state index contributed by atoms with van der Waals surface area (Å²) in [5.74, 6) is 0.769. The highest BCUT2D eigenvalue weighted by atomic mass is 19.1. The molecule has 144 valence electrons. The van der Waals surface area contributed by atoms with E-state index >= 15 is 0 Å². The van der Waals surface area contributed by atoms with E-state index in [1.54, 1.807) is 49.6 Å². The molecule has 0 amide bonds. The molecule has 0 N–H and O–H groups in total. The molecule has 0 spiro atoms. The van der Waals surface area contributed by atoms with Gasteiger partial charge in [-0.25, -0.2) is 9.18 Å². The van der Waals surface area contributed by atoms with E-state index in [-0.39, 0.29) is 12.4 Å². The molecule has 0 atom stereocenters. The summed E-state index contributed by atoms with van der Waals surface area (Å²) >= 11 is 0. The zero-order valence-corrected chi connectivity index (χ0v) is 15.3. The molecule has 0 bridgehead atoms. The van der Waals surface area contributed by atoms with Crippen LogP contribution in [0.25, 0.3) is 17.4 Å². The van der Waals surface area contributed by atoms with Gasteiger partial charge in [0.2, 0.25) is 0 Å². The van der Waals surface area contributed by atoms with Gasteiger partial charge in [0.25, 0.3) is 0 Å². The van der Waals surface area contributed by atoms with E-state index in [2.05, 4.69) is 5.16 Å². The number of carbonyl (C=O) groups excluding carboxylic acids is 1. The van der Waals surface area contributed by atoms with Crippen molar-refractivity contribution >= 4 is 12.0 Å². The lowest BCUT2D eigenvalue weighted by Crippen LogP contribution is -2.00. The molecular weight excluding hydrogens is 365 g/mol. The van der Waals surface area contributed by atoms with Gasteiger partial charge < -0.3 is 18.7 Å². The monoisotopic (exact) mass is 383 g/mol. The van der Waals surface area contributed by atoms with Gasteiger partial charge >= 0.3 is 5.97 Å². The number of esters is 1. The number of ether oxygens (including phenoxy) is 3. The van der Waals surface area contributed by atoms with Crippen molar-refractivity contribution in [1.29, 1.82) is 0 Å². The fourth-order valence-electron chi connectivity index (χ4n) is 2.44. The molecule has 0 aliphatic rings. The molecule has 0 aliphatic carbocycles. The molecule has 0 unspecified atom stereocenters. The molecule has 0 saturated carbocycles. The van der Waals surface area contributed by atoms with Crippen molar-refractivity contribution in [2.45, 2.75) is 6.61 Å². The summed E-state index contributed by atoms with van der Waals surface area (Å²) in [6.07, 6.45) is 2.92. The molecule has 0 fully saturated rings. The van der Waals surface area contributed by atoms with E-state index in [1.807, 2.05) is 0 Å². The van der Waals surface area contributed by atoms with E-state index in [1.165, 1.54) is 25.3 Å². The molecule has 7 heteroatoms. The fraction of sp³-hybridized carbons (Fsp3) is 0.143. The van der Waals surface area contributed by atoms with Crippen molar-refractivity contribution in [3.8, 4) is 22.8 Å². The zero-order chi connectivity index (χ0) is 19.9. The third-order valence-corrected chi connectivity index (χ3v) is 3.87. The lowest BCUT2D eigenvalue weighted by Gasteiger charge is -2.07. The number of carbonyl (C=O) groups is 1. The predicted molar refractivity (Wildman–Crippen MR) is 100 cm³/mol. The van der Waals surface area contributed by atoms with Gasteiger partial charge in [-0.2, -0.15) is 0 Å². The number of benzene rings is 2. The van der Waals surface area contributed by atoms with Crippen molar-refractivity contribution in [3.63, 3.8) is 0 Å². The summed E-state index contributed by atoms with van der Waals surface area (Å²) in [7, 11) is 3.09. The van der Waals surface area contributed by atoms with Crippen LogP contribution in [0.4, 0.5) is 4.39 Å². The summed E-state index contributed by atoms with van der Waals surface area (Å²) in [6.45, 7) is -0.0419. The summed E-state index contributed by atoms with van der Waals surface area (Å²) in [4.78, 5) is 11.9. The Morgan fingerprint density at radius 1 is 1.07 bits per heavy atom. The standard InChI is InChI=1S/C21H18FNO5/c1-25-18-9-3-14(11-20(18)26-2)4-10-21(24)27-13-17-12-19(28-23-17)15-5-7-16(22)8-6-15/h3-12H,13H2,1-2H3/b10-4-. The van der Waals surface area contributed by atoms with Crippen LogP contribution in [-0.4, -0.2) is 25.3 Å². The van der Waals surface area contributed by atoms with Crippen LogP contribution in [-0.2, 0) is 16.1 Å². The lowest BCUT2D eigenvalue weighted by atomic mass is 10.1. The first-order valence-corrected chi connectivity index (χ1v) is 8.37. The number of hydrogen-bond acceptors (Lipinski definition) is 6. The van der Waals surface area contributed by atoms with Crippen LogP contribution in [0.2, 0.25) is 0 Å². The van der Waals surface area contributed by atoms with E-state index in [0.717, 1.165) is 5.56 Å². The van der Waals surface area contributed by atoms with Crippen LogP contribution in [0.3, 0.4) is 0 Å². The van der Waals surface area contributed by atoms with E-state index in [0.29, 0.717) is 28.5 Å². The Kier molecular flexibility index (Phi) is 6.06. The maximum atomic E-state index is 13.0. The molecule has 1 aromatic heterocycles. The number of methoxy groups -OCH3 is 2. The average molecular weight is 383 g/mol. The Balaban J connectivity index is 1.57. The topological polar surface area (TPSA) is 70.8 Å². The number of hydrogen-bond donors (Lipinski definition) is 0. The molecule has 0 aliphatic heterocycles. The molecular formula is C21H18FNO5. The maximum Gasteiger partial charge on any atom is 0.331 e. The van der Waals surface area contributed by atoms with Crippen LogP contribution in [0.15, 0.2) is 59.1 Å². The highest BCUT2D eigenvalue weighted by molar-refractivity contribution is 5.87. The highest BCUT2D eigenvalue weighted by Gasteiger charge is 2.09. The Bertz CT molecular complexity index is 979. The molecule has 1 heterocycles. The minimum Gasteiger partial charge on any atom is -0.493 e. The van der Waals surface area contributed by atoms with E-state index < -0.39 is 5.97 Å². The van der Waals surface area contributed by atoms with Gasteiger partial charge in [-0.3, -0.25) is 0 Å². The number of rotatable bonds is 7. The minimum absolute atomic E-state index is 0.0419. The van der Waals surface area contributed by atoms with Crippen molar-refractivity contribution in [2.24, 2.45) is 0 Å². The van der Waals surface area contributed by atoms with Crippen LogP contribution in [0, 0.1) is 5.82 Å². The van der Waals surface area contributed by atoms with Gasteiger partial charge in [0.1, 0.15) is 18.1 Å². The van der Waals surface area contributed by atoms with Gasteiger partial charge in [0.15, 0.2) is 17.3 Å². The van der Waals surface area contributed by atoms with Crippen LogP contribution in [0.1, 0.15) is 11.3 Å². The molecule has 2 aromatic carbocycles. The van der Waals surface area contributed by atoms with E-state index in [4.69, 9.17) is 18.7 Å². The lowest BCUT2D eigenvalue weighted by molar-refractivity contribution is -0.139. The van der Waals surface area contributed by atoms with Crippen molar-refractivity contribution in [2.75, 3.05) is 14.2 Å². The zero-order valence-electron chi connectivity index (χ0n) is 15.3. The van der Waals surface area contributed by atoms with Gasteiger partial charge in [0.05, 0.1) is 14.2 Å². The van der Waals surface area contributed by atoms with Gasteiger partial charge in [-0.05, 0) is 48.0 Å². The summed E-state index contributed by atoms with van der Waals surface area (Å²) in [5, 5.41) is 3.85. The second kappa shape index (κ2) is 8.85. The quantitative estimate of drug-likeness (QED) is 0.449. The summed E-state index contributed by atoms with van der Waals surface area (Å²) in [6, 6.07) is 12.7. The Labute approximate surface area is 161 Å². The fourth-order valence-corrected chi connectivity index (χ4v) is 2.44. The van der Waals surface area contributed by atoms with Crippen LogP contribution < -0.4 is 9.47 Å². The van der Waals surface area contributed by atoms with Crippen LogP contribution in [0.5, 0.6) is 11.5 Å². The first-order chi connectivity index (χ1) is 13.6. The Morgan fingerprint density at radius 2 is 1.82 bits per heavy atom. The van der Waals surface area contributed by atoms with E-state index in [9.17, 15) is 9.18 Å². The number of halogens is 1. The van der Waals surface area contributed by atoms with Gasteiger partial charge in [-0.1, -0.05) is 11.2 Å². The SMILES string of the molecule is COc1ccc(/C=C\C(=O)OCc2cc(-c3ccc(F)cc3)on2)cc1OC. The Hall–Kier alpha value is -3.61. The number of aromatic nitrogens is 1. The van der Waals surface area contributed by atoms with Gasteiger partial charge in [-0.15, -0.1) is 0 Å². The molecule has 0 saturated heterocycles. The molecule has 3 rings (SSSR count). The van der Waals surface area contributed by atoms with Crippen LogP contribution >= 0.6 is 0 Å². The third-order valence-electron chi connectivity index (χ3n) is 3.87. The van der Waals surface area contributed by atoms with Crippen molar-refractivity contribution in [3.05, 3.63) is 71.7 Å². The smallest absolute Gasteiger partial charge is 0.331 e. The molecule has 6 nitrogen and oxygen atoms in total. The normalized spacial score (nSPS) is 10.8. The van der Waals surface area contributed by atoms with Crippen molar-refractivity contribution < 1.29 is 27.9 Å². The second-order valence-corrected chi connectivity index (χ2v) is 5.74.